The largest absolute Gasteiger partial charge is 0.381 e. The van der Waals surface area contributed by atoms with Gasteiger partial charge in [-0.2, -0.15) is 0 Å². The van der Waals surface area contributed by atoms with Gasteiger partial charge < -0.3 is 10.2 Å². The minimum absolute atomic E-state index is 0.0959. The quantitative estimate of drug-likeness (QED) is 0.706. The first kappa shape index (κ1) is 17.7. The highest BCUT2D eigenvalue weighted by Crippen LogP contribution is 2.19. The highest BCUT2D eigenvalue weighted by molar-refractivity contribution is 6.05. The van der Waals surface area contributed by atoms with Gasteiger partial charge in [0.15, 0.2) is 0 Å². The van der Waals surface area contributed by atoms with E-state index in [0.29, 0.717) is 18.8 Å². The summed E-state index contributed by atoms with van der Waals surface area (Å²) in [6.07, 6.45) is 1.67. The van der Waals surface area contributed by atoms with E-state index < -0.39 is 0 Å². The molecule has 4 nitrogen and oxygen atoms in total. The van der Waals surface area contributed by atoms with Crippen molar-refractivity contribution in [3.05, 3.63) is 89.7 Å². The number of nitrogens with one attached hydrogen (secondary N) is 1. The number of hydrogen-bond acceptors (Lipinski definition) is 3. The second kappa shape index (κ2) is 8.30. The molecule has 26 heavy (non-hydrogen) atoms. The van der Waals surface area contributed by atoms with E-state index in [-0.39, 0.29) is 5.91 Å². The third kappa shape index (κ3) is 4.28. The number of carbonyl (C=O) groups is 1. The fourth-order valence-corrected chi connectivity index (χ4v) is 2.84. The Balaban J connectivity index is 1.76. The second-order valence-electron chi connectivity index (χ2n) is 6.16. The Bertz CT molecular complexity index is 877. The molecule has 0 radical (unpaired) electrons. The van der Waals surface area contributed by atoms with Crippen LogP contribution in [-0.2, 0) is 6.54 Å². The van der Waals surface area contributed by atoms with Gasteiger partial charge in [0.05, 0.1) is 0 Å². The molecule has 1 heterocycles. The number of hydrogen-bond donors (Lipinski definition) is 1. The lowest BCUT2D eigenvalue weighted by Gasteiger charge is -2.21. The fraction of sp³-hybridized carbons (Fsp3) is 0.182. The van der Waals surface area contributed by atoms with E-state index in [9.17, 15) is 4.79 Å². The number of amides is 1. The van der Waals surface area contributed by atoms with E-state index in [2.05, 4.69) is 22.4 Å². The van der Waals surface area contributed by atoms with Gasteiger partial charge in [0, 0.05) is 30.7 Å². The lowest BCUT2D eigenvalue weighted by atomic mass is 10.2. The average Bonchev–Trinajstić information content (AvgIpc) is 2.68. The second-order valence-corrected chi connectivity index (χ2v) is 6.16. The number of benzene rings is 2. The molecule has 4 heteroatoms. The van der Waals surface area contributed by atoms with Crippen LogP contribution in [0.4, 0.5) is 11.4 Å². The molecule has 0 bridgehead atoms. The molecular weight excluding hydrogens is 322 g/mol. The van der Waals surface area contributed by atoms with E-state index in [1.54, 1.807) is 11.1 Å². The van der Waals surface area contributed by atoms with Gasteiger partial charge in [0.1, 0.15) is 5.69 Å². The molecule has 1 aromatic heterocycles. The smallest absolute Gasteiger partial charge is 0.276 e. The third-order valence-electron chi connectivity index (χ3n) is 4.19. The van der Waals surface area contributed by atoms with Crippen LogP contribution in [-0.4, -0.2) is 17.4 Å². The van der Waals surface area contributed by atoms with Crippen LogP contribution in [0, 0.1) is 6.92 Å². The van der Waals surface area contributed by atoms with Crippen molar-refractivity contribution >= 4 is 17.3 Å². The van der Waals surface area contributed by atoms with Gasteiger partial charge in [-0.25, -0.2) is 0 Å². The summed E-state index contributed by atoms with van der Waals surface area (Å²) in [7, 11) is 0. The Morgan fingerprint density at radius 2 is 1.85 bits per heavy atom. The van der Waals surface area contributed by atoms with E-state index in [1.165, 1.54) is 5.56 Å². The predicted octanol–water partition coefficient (Wildman–Crippen LogP) is 4.67. The number of carbonyl (C=O) groups excluding carboxylic acids is 1. The van der Waals surface area contributed by atoms with Crippen molar-refractivity contribution in [2.45, 2.75) is 20.4 Å². The number of pyridine rings is 1. The number of anilines is 2. The Kier molecular flexibility index (Phi) is 5.64. The predicted molar refractivity (Wildman–Crippen MR) is 107 cm³/mol. The first-order chi connectivity index (χ1) is 12.7. The molecule has 3 aromatic rings. The first-order valence-corrected chi connectivity index (χ1v) is 8.79. The molecule has 0 aliphatic rings. The minimum Gasteiger partial charge on any atom is -0.381 e. The van der Waals surface area contributed by atoms with Crippen LogP contribution >= 0.6 is 0 Å². The highest BCUT2D eigenvalue weighted by atomic mass is 16.2. The van der Waals surface area contributed by atoms with Crippen molar-refractivity contribution in [3.63, 3.8) is 0 Å². The van der Waals surface area contributed by atoms with Gasteiger partial charge in [-0.05, 0) is 49.2 Å². The van der Waals surface area contributed by atoms with Gasteiger partial charge in [0.2, 0.25) is 0 Å². The van der Waals surface area contributed by atoms with Crippen LogP contribution in [0.1, 0.15) is 28.5 Å². The monoisotopic (exact) mass is 345 g/mol. The molecule has 3 rings (SSSR count). The van der Waals surface area contributed by atoms with E-state index in [0.717, 1.165) is 16.9 Å². The third-order valence-corrected chi connectivity index (χ3v) is 4.19. The fourth-order valence-electron chi connectivity index (χ4n) is 2.84. The summed E-state index contributed by atoms with van der Waals surface area (Å²) in [6.45, 7) is 5.28. The van der Waals surface area contributed by atoms with Crippen LogP contribution < -0.4 is 10.2 Å². The summed E-state index contributed by atoms with van der Waals surface area (Å²) < 4.78 is 0. The van der Waals surface area contributed by atoms with Gasteiger partial charge >= 0.3 is 0 Å². The number of rotatable bonds is 6. The molecule has 0 saturated carbocycles. The molecular formula is C22H23N3O. The molecule has 2 aromatic carbocycles. The number of nitrogens with zero attached hydrogens (tertiary/aromatic N) is 2. The lowest BCUT2D eigenvalue weighted by molar-refractivity contribution is 0.0983. The Labute approximate surface area is 154 Å². The van der Waals surface area contributed by atoms with E-state index in [4.69, 9.17) is 0 Å². The molecule has 0 atom stereocenters. The molecule has 0 spiro atoms. The molecule has 1 amide bonds. The average molecular weight is 345 g/mol. The van der Waals surface area contributed by atoms with Gasteiger partial charge in [-0.1, -0.05) is 42.5 Å². The number of aryl methyl sites for hydroxylation is 1. The summed E-state index contributed by atoms with van der Waals surface area (Å²) in [5.74, 6) is -0.0959. The Morgan fingerprint density at radius 3 is 2.58 bits per heavy atom. The summed E-state index contributed by atoms with van der Waals surface area (Å²) in [5, 5.41) is 3.35. The molecule has 0 saturated heterocycles. The van der Waals surface area contributed by atoms with Gasteiger partial charge in [0.25, 0.3) is 5.91 Å². The topological polar surface area (TPSA) is 45.2 Å². The lowest BCUT2D eigenvalue weighted by Crippen LogP contribution is -2.31. The number of aromatic nitrogens is 1. The van der Waals surface area contributed by atoms with Crippen molar-refractivity contribution in [3.8, 4) is 0 Å². The van der Waals surface area contributed by atoms with Gasteiger partial charge in [-0.15, -0.1) is 0 Å². The van der Waals surface area contributed by atoms with Crippen molar-refractivity contribution in [1.29, 1.82) is 0 Å². The van der Waals surface area contributed by atoms with Crippen molar-refractivity contribution in [1.82, 2.24) is 4.98 Å². The summed E-state index contributed by atoms with van der Waals surface area (Å²) in [6, 6.07) is 21.8. The molecule has 0 aliphatic heterocycles. The van der Waals surface area contributed by atoms with Crippen molar-refractivity contribution in [2.24, 2.45) is 0 Å². The molecule has 0 fully saturated rings. The van der Waals surface area contributed by atoms with Crippen LogP contribution in [0.2, 0.25) is 0 Å². The minimum atomic E-state index is -0.0959. The standard InChI is InChI=1S/C22H23N3O/c1-3-25(20-11-7-8-17(2)14-20)22(26)21-15-19(12-13-23-21)24-16-18-9-5-4-6-10-18/h4-15H,3,16H2,1-2H3,(H,23,24). The normalized spacial score (nSPS) is 10.4. The van der Waals surface area contributed by atoms with E-state index >= 15 is 0 Å². The van der Waals surface area contributed by atoms with Crippen molar-refractivity contribution < 1.29 is 4.79 Å². The van der Waals surface area contributed by atoms with Crippen LogP contribution in [0.15, 0.2) is 72.9 Å². The zero-order valence-electron chi connectivity index (χ0n) is 15.1. The zero-order chi connectivity index (χ0) is 18.4. The maximum absolute atomic E-state index is 12.9. The SMILES string of the molecule is CCN(C(=O)c1cc(NCc2ccccc2)ccn1)c1cccc(C)c1. The first-order valence-electron chi connectivity index (χ1n) is 8.79. The van der Waals surface area contributed by atoms with E-state index in [1.807, 2.05) is 68.4 Å². The van der Waals surface area contributed by atoms with Crippen molar-refractivity contribution in [2.75, 3.05) is 16.8 Å². The summed E-state index contributed by atoms with van der Waals surface area (Å²) in [5.41, 5.74) is 4.52. The Morgan fingerprint density at radius 1 is 1.04 bits per heavy atom. The molecule has 132 valence electrons. The summed E-state index contributed by atoms with van der Waals surface area (Å²) >= 11 is 0. The maximum Gasteiger partial charge on any atom is 0.276 e. The van der Waals surface area contributed by atoms with Crippen LogP contribution in [0.3, 0.4) is 0 Å². The molecule has 0 unspecified atom stereocenters. The van der Waals surface area contributed by atoms with Crippen LogP contribution in [0.25, 0.3) is 0 Å². The van der Waals surface area contributed by atoms with Crippen LogP contribution in [0.5, 0.6) is 0 Å². The van der Waals surface area contributed by atoms with Gasteiger partial charge in [-0.3, -0.25) is 9.78 Å². The maximum atomic E-state index is 12.9. The molecule has 0 aliphatic carbocycles. The summed E-state index contributed by atoms with van der Waals surface area (Å²) in [4.78, 5) is 19.0. The molecule has 1 N–H and O–H groups in total. The zero-order valence-corrected chi connectivity index (χ0v) is 15.1. The Hall–Kier alpha value is -3.14. The highest BCUT2D eigenvalue weighted by Gasteiger charge is 2.17.